The van der Waals surface area contributed by atoms with Gasteiger partial charge in [0.25, 0.3) is 0 Å². The Hall–Kier alpha value is -2.17. The van der Waals surface area contributed by atoms with Crippen LogP contribution in [0.4, 0.5) is 4.39 Å². The van der Waals surface area contributed by atoms with Gasteiger partial charge in [-0.15, -0.1) is 0 Å². The second-order valence-corrected chi connectivity index (χ2v) is 5.29. The Morgan fingerprint density at radius 3 is 2.95 bits per heavy atom. The molecule has 0 atom stereocenters. The number of carbonyl (C=O) groups is 1. The molecule has 4 nitrogen and oxygen atoms in total. The van der Waals surface area contributed by atoms with Crippen LogP contribution in [0, 0.1) is 5.82 Å². The van der Waals surface area contributed by atoms with Gasteiger partial charge in [0.05, 0.1) is 19.4 Å². The van der Waals surface area contributed by atoms with Gasteiger partial charge in [0.1, 0.15) is 0 Å². The zero-order valence-electron chi connectivity index (χ0n) is 12.1. The predicted octanol–water partition coefficient (Wildman–Crippen LogP) is 2.19. The summed E-state index contributed by atoms with van der Waals surface area (Å²) in [6.07, 6.45) is 0.861. The van der Waals surface area contributed by atoms with Gasteiger partial charge in [0, 0.05) is 25.6 Å². The monoisotopic (exact) mass is 288 g/mol. The minimum atomic E-state index is -0.386. The maximum absolute atomic E-state index is 13.5. The summed E-state index contributed by atoms with van der Waals surface area (Å²) < 4.78 is 18.6. The minimum Gasteiger partial charge on any atom is -0.494 e. The summed E-state index contributed by atoms with van der Waals surface area (Å²) >= 11 is 0. The largest absolute Gasteiger partial charge is 0.494 e. The molecule has 1 aromatic rings. The van der Waals surface area contributed by atoms with Crippen LogP contribution < -0.4 is 4.74 Å². The summed E-state index contributed by atoms with van der Waals surface area (Å²) in [6.45, 7) is 3.60. The van der Waals surface area contributed by atoms with Crippen LogP contribution in [-0.2, 0) is 4.79 Å². The van der Waals surface area contributed by atoms with Gasteiger partial charge in [-0.05, 0) is 35.8 Å². The normalized spacial score (nSPS) is 17.7. The topological polar surface area (TPSA) is 41.9 Å². The Morgan fingerprint density at radius 2 is 2.24 bits per heavy atom. The highest BCUT2D eigenvalue weighted by molar-refractivity contribution is 6.15. The Balaban J connectivity index is 1.93. The Labute approximate surface area is 122 Å². The molecule has 0 aliphatic carbocycles. The highest BCUT2D eigenvalue weighted by atomic mass is 19.1. The van der Waals surface area contributed by atoms with Crippen molar-refractivity contribution in [3.63, 3.8) is 0 Å². The summed E-state index contributed by atoms with van der Waals surface area (Å²) in [5.74, 6) is -0.101. The molecule has 1 aromatic carbocycles. The molecule has 5 heteroatoms. The zero-order valence-corrected chi connectivity index (χ0v) is 12.1. The van der Waals surface area contributed by atoms with E-state index in [9.17, 15) is 9.18 Å². The van der Waals surface area contributed by atoms with Crippen molar-refractivity contribution in [2.24, 2.45) is 4.99 Å². The van der Waals surface area contributed by atoms with E-state index >= 15 is 0 Å². The summed E-state index contributed by atoms with van der Waals surface area (Å²) in [5, 5.41) is 0. The molecule has 0 saturated heterocycles. The summed E-state index contributed by atoms with van der Waals surface area (Å²) in [7, 11) is 1.45. The fourth-order valence-corrected chi connectivity index (χ4v) is 2.83. The molecule has 0 fully saturated rings. The van der Waals surface area contributed by atoms with Crippen molar-refractivity contribution in [2.75, 3.05) is 26.7 Å². The van der Waals surface area contributed by atoms with Crippen LogP contribution >= 0.6 is 0 Å². The maximum Gasteiger partial charge on any atom is 0.219 e. The van der Waals surface area contributed by atoms with Crippen LogP contribution in [-0.4, -0.2) is 43.3 Å². The molecule has 2 heterocycles. The fraction of sp³-hybridized carbons (Fsp3) is 0.375. The average molecular weight is 288 g/mol. The van der Waals surface area contributed by atoms with E-state index in [1.165, 1.54) is 18.7 Å². The van der Waals surface area contributed by atoms with Crippen LogP contribution in [0.25, 0.3) is 0 Å². The molecule has 0 unspecified atom stereocenters. The van der Waals surface area contributed by atoms with Gasteiger partial charge in [-0.1, -0.05) is 0 Å². The molecule has 0 saturated carbocycles. The van der Waals surface area contributed by atoms with E-state index in [1.54, 1.807) is 19.1 Å². The van der Waals surface area contributed by atoms with E-state index in [2.05, 4.69) is 4.99 Å². The number of aliphatic imine (C=N–C) groups is 1. The van der Waals surface area contributed by atoms with Crippen LogP contribution in [0.5, 0.6) is 5.75 Å². The molecule has 0 radical (unpaired) electrons. The third-order valence-corrected chi connectivity index (χ3v) is 4.04. The number of ether oxygens (including phenoxy) is 1. The summed E-state index contributed by atoms with van der Waals surface area (Å²) in [5.41, 5.74) is 4.08. The first kappa shape index (κ1) is 13.8. The first-order valence-electron chi connectivity index (χ1n) is 6.95. The Bertz CT molecular complexity index is 664. The molecule has 110 valence electrons. The maximum atomic E-state index is 13.5. The second-order valence-electron chi connectivity index (χ2n) is 5.29. The summed E-state index contributed by atoms with van der Waals surface area (Å²) in [6, 6.07) is 4.76. The van der Waals surface area contributed by atoms with Crippen molar-refractivity contribution < 1.29 is 13.9 Å². The van der Waals surface area contributed by atoms with Gasteiger partial charge in [-0.2, -0.15) is 0 Å². The SMILES string of the molecule is COc1cc(C2=NCC3=C2CN(C(C)=O)CC3)ccc1F. The molecule has 1 amide bonds. The van der Waals surface area contributed by atoms with Gasteiger partial charge in [-0.25, -0.2) is 4.39 Å². The number of amides is 1. The molecule has 2 aliphatic heterocycles. The van der Waals surface area contributed by atoms with Crippen molar-refractivity contribution in [1.82, 2.24) is 4.90 Å². The molecular formula is C16H17FN2O2. The number of halogens is 1. The predicted molar refractivity (Wildman–Crippen MR) is 78.3 cm³/mol. The smallest absolute Gasteiger partial charge is 0.219 e. The number of benzene rings is 1. The third-order valence-electron chi connectivity index (χ3n) is 4.04. The zero-order chi connectivity index (χ0) is 15.0. The molecule has 0 aromatic heterocycles. The molecule has 21 heavy (non-hydrogen) atoms. The first-order valence-corrected chi connectivity index (χ1v) is 6.95. The number of rotatable bonds is 2. The Morgan fingerprint density at radius 1 is 1.43 bits per heavy atom. The quantitative estimate of drug-likeness (QED) is 0.837. The molecule has 3 rings (SSSR count). The van der Waals surface area contributed by atoms with Crippen LogP contribution in [0.1, 0.15) is 18.9 Å². The first-order chi connectivity index (χ1) is 10.1. The van der Waals surface area contributed by atoms with Crippen molar-refractivity contribution in [3.8, 4) is 5.75 Å². The van der Waals surface area contributed by atoms with Crippen molar-refractivity contribution >= 4 is 11.6 Å². The van der Waals surface area contributed by atoms with Crippen LogP contribution in [0.15, 0.2) is 34.3 Å². The number of hydrogen-bond donors (Lipinski definition) is 0. The van der Waals surface area contributed by atoms with Gasteiger partial charge in [0.15, 0.2) is 11.6 Å². The lowest BCUT2D eigenvalue weighted by atomic mass is 9.95. The average Bonchev–Trinajstić information content (AvgIpc) is 2.90. The minimum absolute atomic E-state index is 0.0736. The molecule has 0 spiro atoms. The van der Waals surface area contributed by atoms with Gasteiger partial charge in [0.2, 0.25) is 5.91 Å². The van der Waals surface area contributed by atoms with Gasteiger partial charge < -0.3 is 9.64 Å². The van der Waals surface area contributed by atoms with Gasteiger partial charge >= 0.3 is 0 Å². The lowest BCUT2D eigenvalue weighted by Crippen LogP contribution is -2.36. The number of hydrogen-bond acceptors (Lipinski definition) is 3. The Kier molecular flexibility index (Phi) is 3.49. The second kappa shape index (κ2) is 5.31. The van der Waals surface area contributed by atoms with E-state index in [0.29, 0.717) is 13.1 Å². The lowest BCUT2D eigenvalue weighted by molar-refractivity contribution is -0.128. The number of nitrogens with zero attached hydrogens (tertiary/aromatic N) is 2. The van der Waals surface area contributed by atoms with Crippen molar-refractivity contribution in [1.29, 1.82) is 0 Å². The van der Waals surface area contributed by atoms with Crippen molar-refractivity contribution in [3.05, 3.63) is 40.7 Å². The van der Waals surface area contributed by atoms with E-state index in [-0.39, 0.29) is 17.5 Å². The lowest BCUT2D eigenvalue weighted by Gasteiger charge is -2.28. The summed E-state index contributed by atoms with van der Waals surface area (Å²) in [4.78, 5) is 18.0. The van der Waals surface area contributed by atoms with E-state index in [1.807, 2.05) is 4.90 Å². The number of methoxy groups -OCH3 is 1. The van der Waals surface area contributed by atoms with E-state index in [0.717, 1.165) is 29.8 Å². The molecule has 0 bridgehead atoms. The number of carbonyl (C=O) groups excluding carboxylic acids is 1. The van der Waals surface area contributed by atoms with E-state index < -0.39 is 0 Å². The molecule has 0 N–H and O–H groups in total. The third kappa shape index (κ3) is 2.44. The van der Waals surface area contributed by atoms with Crippen LogP contribution in [0.2, 0.25) is 0 Å². The molecular weight excluding hydrogens is 271 g/mol. The highest BCUT2D eigenvalue weighted by Crippen LogP contribution is 2.29. The fourth-order valence-electron chi connectivity index (χ4n) is 2.83. The standard InChI is InChI=1S/C16H17FN2O2/c1-10(20)19-6-5-12-8-18-16(13(12)9-19)11-3-4-14(17)15(7-11)21-2/h3-4,7H,5-6,8-9H2,1-2H3. The van der Waals surface area contributed by atoms with E-state index in [4.69, 9.17) is 4.74 Å². The van der Waals surface area contributed by atoms with Gasteiger partial charge in [-0.3, -0.25) is 9.79 Å². The molecule has 2 aliphatic rings. The van der Waals surface area contributed by atoms with Crippen molar-refractivity contribution in [2.45, 2.75) is 13.3 Å². The highest BCUT2D eigenvalue weighted by Gasteiger charge is 2.28. The van der Waals surface area contributed by atoms with Crippen LogP contribution in [0.3, 0.4) is 0 Å².